The summed E-state index contributed by atoms with van der Waals surface area (Å²) >= 11 is 0. The number of aromatic nitrogens is 1. The standard InChI is InChI=1S/C46H34N2/c1-2-12-39(13-3-1)47(42-31-26-33-10-4-5-11-38(33)32-42)40-27-22-36(23-28-40)34-18-20-35(21-19-34)37-24-29-41(30-25-37)48-45-16-8-6-14-43(45)44-15-7-9-17-46(44)48/h1-6,8-14,16-32H,7,15H2. The van der Waals surface area contributed by atoms with Gasteiger partial charge in [0.1, 0.15) is 0 Å². The Hall–Kier alpha value is -6.12. The van der Waals surface area contributed by atoms with Crippen LogP contribution in [0.1, 0.15) is 17.7 Å². The lowest BCUT2D eigenvalue weighted by Crippen LogP contribution is -2.09. The van der Waals surface area contributed by atoms with Gasteiger partial charge in [0.25, 0.3) is 0 Å². The van der Waals surface area contributed by atoms with E-state index in [-0.39, 0.29) is 0 Å². The summed E-state index contributed by atoms with van der Waals surface area (Å²) in [6.07, 6.45) is 6.80. The second kappa shape index (κ2) is 11.9. The first-order valence-corrected chi connectivity index (χ1v) is 16.7. The molecule has 0 bridgehead atoms. The normalized spacial score (nSPS) is 12.3. The molecule has 0 N–H and O–H groups in total. The number of aryl methyl sites for hydroxylation is 1. The van der Waals surface area contributed by atoms with Crippen LogP contribution in [0, 0.1) is 0 Å². The zero-order valence-corrected chi connectivity index (χ0v) is 26.6. The minimum absolute atomic E-state index is 1.10. The Balaban J connectivity index is 0.990. The maximum absolute atomic E-state index is 2.41. The van der Waals surface area contributed by atoms with Crippen LogP contribution in [0.15, 0.2) is 176 Å². The second-order valence-corrected chi connectivity index (χ2v) is 12.5. The molecule has 1 aromatic heterocycles. The second-order valence-electron chi connectivity index (χ2n) is 12.5. The molecule has 0 saturated carbocycles. The molecule has 1 aliphatic carbocycles. The molecule has 7 aromatic carbocycles. The molecule has 0 saturated heterocycles. The molecule has 0 spiro atoms. The van der Waals surface area contributed by atoms with Gasteiger partial charge in [0.05, 0.1) is 5.52 Å². The average molecular weight is 615 g/mol. The molecule has 0 radical (unpaired) electrons. The smallest absolute Gasteiger partial charge is 0.0537 e. The fourth-order valence-electron chi connectivity index (χ4n) is 7.27. The highest BCUT2D eigenvalue weighted by Gasteiger charge is 2.18. The van der Waals surface area contributed by atoms with Gasteiger partial charge in [-0.1, -0.05) is 121 Å². The van der Waals surface area contributed by atoms with E-state index >= 15 is 0 Å². The lowest BCUT2D eigenvalue weighted by atomic mass is 9.99. The molecule has 228 valence electrons. The van der Waals surface area contributed by atoms with Gasteiger partial charge in [0.15, 0.2) is 0 Å². The SMILES string of the molecule is C1=Cc2c(c3ccccc3n2-c2ccc(-c3ccc(-c4ccc(N(c5ccccc5)c5ccc6ccccc6c5)cc4)cc3)cc2)CC1. The molecule has 2 nitrogen and oxygen atoms in total. The summed E-state index contributed by atoms with van der Waals surface area (Å²) in [5.74, 6) is 0. The summed E-state index contributed by atoms with van der Waals surface area (Å²) in [6, 6.07) is 61.5. The maximum atomic E-state index is 2.41. The van der Waals surface area contributed by atoms with E-state index in [1.165, 1.54) is 60.9 Å². The quantitative estimate of drug-likeness (QED) is 0.181. The van der Waals surface area contributed by atoms with Crippen molar-refractivity contribution in [2.24, 2.45) is 0 Å². The zero-order chi connectivity index (χ0) is 31.9. The van der Waals surface area contributed by atoms with Crippen LogP contribution in [0.4, 0.5) is 17.1 Å². The van der Waals surface area contributed by atoms with Crippen LogP contribution in [0.25, 0.3) is 55.7 Å². The van der Waals surface area contributed by atoms with Crippen molar-refractivity contribution >= 4 is 44.8 Å². The number of hydrogen-bond acceptors (Lipinski definition) is 1. The third kappa shape index (κ3) is 4.99. The lowest BCUT2D eigenvalue weighted by molar-refractivity contribution is 0.967. The van der Waals surface area contributed by atoms with Gasteiger partial charge in [-0.2, -0.15) is 0 Å². The van der Waals surface area contributed by atoms with Gasteiger partial charge in [0, 0.05) is 33.8 Å². The fraction of sp³-hybridized carbons (Fsp3) is 0.0435. The molecule has 0 amide bonds. The summed E-state index contributed by atoms with van der Waals surface area (Å²) in [4.78, 5) is 2.33. The number of benzene rings is 7. The molecule has 48 heavy (non-hydrogen) atoms. The van der Waals surface area contributed by atoms with Crippen LogP contribution >= 0.6 is 0 Å². The molecule has 0 fully saturated rings. The molecular weight excluding hydrogens is 581 g/mol. The third-order valence-corrected chi connectivity index (χ3v) is 9.67. The van der Waals surface area contributed by atoms with Gasteiger partial charge in [-0.3, -0.25) is 0 Å². The molecular formula is C46H34N2. The van der Waals surface area contributed by atoms with Crippen molar-refractivity contribution in [3.8, 4) is 27.9 Å². The van der Waals surface area contributed by atoms with Crippen molar-refractivity contribution in [3.05, 3.63) is 187 Å². The number of para-hydroxylation sites is 2. The number of fused-ring (bicyclic) bond motifs is 4. The van der Waals surface area contributed by atoms with E-state index in [9.17, 15) is 0 Å². The first kappa shape index (κ1) is 28.1. The van der Waals surface area contributed by atoms with E-state index in [4.69, 9.17) is 0 Å². The summed E-state index contributed by atoms with van der Waals surface area (Å²) in [5, 5.41) is 3.84. The first-order chi connectivity index (χ1) is 23.8. The third-order valence-electron chi connectivity index (χ3n) is 9.67. The van der Waals surface area contributed by atoms with Crippen LogP contribution in [-0.4, -0.2) is 4.57 Å². The van der Waals surface area contributed by atoms with Gasteiger partial charge in [0.2, 0.25) is 0 Å². The van der Waals surface area contributed by atoms with Gasteiger partial charge < -0.3 is 9.47 Å². The van der Waals surface area contributed by atoms with Crippen molar-refractivity contribution in [3.63, 3.8) is 0 Å². The molecule has 8 aromatic rings. The summed E-state index contributed by atoms with van der Waals surface area (Å²) < 4.78 is 2.41. The highest BCUT2D eigenvalue weighted by molar-refractivity contribution is 5.91. The number of hydrogen-bond donors (Lipinski definition) is 0. The molecule has 1 aliphatic rings. The van der Waals surface area contributed by atoms with Gasteiger partial charge in [-0.15, -0.1) is 0 Å². The number of rotatable bonds is 6. The highest BCUT2D eigenvalue weighted by atomic mass is 15.1. The van der Waals surface area contributed by atoms with E-state index < -0.39 is 0 Å². The average Bonchev–Trinajstić information content (AvgIpc) is 3.50. The van der Waals surface area contributed by atoms with Crippen LogP contribution in [0.5, 0.6) is 0 Å². The first-order valence-electron chi connectivity index (χ1n) is 16.7. The van der Waals surface area contributed by atoms with E-state index in [0.717, 1.165) is 29.9 Å². The molecule has 1 heterocycles. The monoisotopic (exact) mass is 614 g/mol. The lowest BCUT2D eigenvalue weighted by Gasteiger charge is -2.26. The van der Waals surface area contributed by atoms with Crippen molar-refractivity contribution < 1.29 is 0 Å². The highest BCUT2D eigenvalue weighted by Crippen LogP contribution is 2.38. The van der Waals surface area contributed by atoms with Gasteiger partial charge >= 0.3 is 0 Å². The summed E-state index contributed by atoms with van der Waals surface area (Å²) in [7, 11) is 0. The van der Waals surface area contributed by atoms with Gasteiger partial charge in [-0.05, 0) is 112 Å². The maximum Gasteiger partial charge on any atom is 0.0537 e. The Morgan fingerprint density at radius 2 is 1.02 bits per heavy atom. The van der Waals surface area contributed by atoms with Crippen LogP contribution in [-0.2, 0) is 6.42 Å². The Morgan fingerprint density at radius 3 is 1.75 bits per heavy atom. The Kier molecular flexibility index (Phi) is 6.98. The number of nitrogens with zero attached hydrogens (tertiary/aromatic N) is 2. The minimum Gasteiger partial charge on any atom is -0.310 e. The number of allylic oxidation sites excluding steroid dienone is 1. The van der Waals surface area contributed by atoms with Gasteiger partial charge in [-0.25, -0.2) is 0 Å². The molecule has 0 atom stereocenters. The van der Waals surface area contributed by atoms with E-state index in [1.807, 2.05) is 0 Å². The Labute approximate surface area is 281 Å². The summed E-state index contributed by atoms with van der Waals surface area (Å²) in [5.41, 5.74) is 13.5. The summed E-state index contributed by atoms with van der Waals surface area (Å²) in [6.45, 7) is 0. The number of anilines is 3. The van der Waals surface area contributed by atoms with Crippen molar-refractivity contribution in [1.29, 1.82) is 0 Å². The molecule has 2 heteroatoms. The zero-order valence-electron chi connectivity index (χ0n) is 26.6. The largest absolute Gasteiger partial charge is 0.310 e. The van der Waals surface area contributed by atoms with Crippen molar-refractivity contribution in [2.75, 3.05) is 4.90 Å². The van der Waals surface area contributed by atoms with Crippen LogP contribution in [0.2, 0.25) is 0 Å². The van der Waals surface area contributed by atoms with Crippen LogP contribution < -0.4 is 4.90 Å². The van der Waals surface area contributed by atoms with E-state index in [0.29, 0.717) is 0 Å². The van der Waals surface area contributed by atoms with Crippen LogP contribution in [0.3, 0.4) is 0 Å². The topological polar surface area (TPSA) is 8.17 Å². The Morgan fingerprint density at radius 1 is 0.458 bits per heavy atom. The fourth-order valence-corrected chi connectivity index (χ4v) is 7.27. The minimum atomic E-state index is 1.10. The van der Waals surface area contributed by atoms with Crippen molar-refractivity contribution in [2.45, 2.75) is 12.8 Å². The molecule has 0 aliphatic heterocycles. The molecule has 0 unspecified atom stereocenters. The van der Waals surface area contributed by atoms with Crippen molar-refractivity contribution in [1.82, 2.24) is 4.57 Å². The van der Waals surface area contributed by atoms with E-state index in [1.54, 1.807) is 0 Å². The predicted octanol–water partition coefficient (Wildman–Crippen LogP) is 12.5. The molecule has 9 rings (SSSR count). The Bertz CT molecular complexity index is 2410. The predicted molar refractivity (Wildman–Crippen MR) is 204 cm³/mol. The van der Waals surface area contributed by atoms with E-state index in [2.05, 4.69) is 191 Å².